The van der Waals surface area contributed by atoms with Gasteiger partial charge in [0.2, 0.25) is 11.1 Å². The number of benzene rings is 1. The maximum Gasteiger partial charge on any atom is 0.251 e. The van der Waals surface area contributed by atoms with E-state index < -0.39 is 5.91 Å². The van der Waals surface area contributed by atoms with E-state index in [1.54, 1.807) is 36.8 Å². The molecule has 0 bridgehead atoms. The molecule has 140 valence electrons. The Morgan fingerprint density at radius 3 is 2.96 bits per heavy atom. The van der Waals surface area contributed by atoms with E-state index in [1.165, 1.54) is 11.3 Å². The van der Waals surface area contributed by atoms with Crippen LogP contribution in [0.4, 0.5) is 5.00 Å². The second kappa shape index (κ2) is 8.42. The van der Waals surface area contributed by atoms with Gasteiger partial charge in [-0.1, -0.05) is 23.4 Å². The maximum atomic E-state index is 12.1. The van der Waals surface area contributed by atoms with Crippen molar-refractivity contribution in [1.29, 1.82) is 0 Å². The summed E-state index contributed by atoms with van der Waals surface area (Å²) in [6.45, 7) is 0. The van der Waals surface area contributed by atoms with Crippen molar-refractivity contribution in [1.82, 2.24) is 15.2 Å². The normalized spacial score (nSPS) is 10.6. The molecular formula is C16H14ClN5O3S2. The lowest BCUT2D eigenvalue weighted by atomic mass is 10.2. The summed E-state index contributed by atoms with van der Waals surface area (Å²) >= 11 is 8.40. The Bertz CT molecular complexity index is 988. The van der Waals surface area contributed by atoms with E-state index in [0.29, 0.717) is 32.3 Å². The Morgan fingerprint density at radius 1 is 1.41 bits per heavy atom. The summed E-state index contributed by atoms with van der Waals surface area (Å²) in [4.78, 5) is 27.7. The van der Waals surface area contributed by atoms with Gasteiger partial charge in [-0.2, -0.15) is 0 Å². The number of carbonyl (C=O) groups excluding carboxylic acids is 2. The Labute approximate surface area is 167 Å². The molecule has 0 atom stereocenters. The van der Waals surface area contributed by atoms with Crippen molar-refractivity contribution in [3.63, 3.8) is 0 Å². The molecule has 2 heterocycles. The fraction of sp³-hybridized carbons (Fsp3) is 0.125. The van der Waals surface area contributed by atoms with Crippen LogP contribution in [0.1, 0.15) is 10.4 Å². The number of methoxy groups -OCH3 is 1. The van der Waals surface area contributed by atoms with E-state index in [4.69, 9.17) is 22.1 Å². The largest absolute Gasteiger partial charge is 0.496 e. The smallest absolute Gasteiger partial charge is 0.251 e. The van der Waals surface area contributed by atoms with Gasteiger partial charge in [0.25, 0.3) is 5.91 Å². The maximum absolute atomic E-state index is 12.1. The Hall–Kier alpha value is -2.56. The van der Waals surface area contributed by atoms with Crippen LogP contribution < -0.4 is 15.8 Å². The monoisotopic (exact) mass is 423 g/mol. The van der Waals surface area contributed by atoms with E-state index in [0.717, 1.165) is 11.8 Å². The highest BCUT2D eigenvalue weighted by molar-refractivity contribution is 7.99. The number of thiophene rings is 1. The molecule has 3 aromatic rings. The number of aromatic nitrogens is 3. The number of amides is 2. The van der Waals surface area contributed by atoms with Crippen molar-refractivity contribution in [3.05, 3.63) is 40.2 Å². The lowest BCUT2D eigenvalue weighted by Gasteiger charge is -2.05. The van der Waals surface area contributed by atoms with E-state index >= 15 is 0 Å². The molecule has 0 aliphatic carbocycles. The van der Waals surface area contributed by atoms with Crippen LogP contribution in [0.15, 0.2) is 34.8 Å². The molecule has 2 aromatic heterocycles. The molecule has 0 unspecified atom stereocenters. The Balaban J connectivity index is 1.65. The second-order valence-corrected chi connectivity index (χ2v) is 7.47. The summed E-state index contributed by atoms with van der Waals surface area (Å²) in [7, 11) is 1.55. The molecule has 8 nitrogen and oxygen atoms in total. The number of primary amides is 1. The van der Waals surface area contributed by atoms with Crippen LogP contribution in [0.25, 0.3) is 11.4 Å². The average molecular weight is 424 g/mol. The summed E-state index contributed by atoms with van der Waals surface area (Å²) in [5, 5.41) is 12.6. The van der Waals surface area contributed by atoms with Gasteiger partial charge in [0.05, 0.1) is 24.0 Å². The molecule has 0 radical (unpaired) electrons. The Kier molecular flexibility index (Phi) is 5.99. The van der Waals surface area contributed by atoms with Crippen LogP contribution in [0.5, 0.6) is 5.75 Å². The van der Waals surface area contributed by atoms with Gasteiger partial charge >= 0.3 is 0 Å². The van der Waals surface area contributed by atoms with Crippen LogP contribution in [0, 0.1) is 0 Å². The number of hydrogen-bond acceptors (Lipinski definition) is 7. The molecule has 3 rings (SSSR count). The van der Waals surface area contributed by atoms with Crippen LogP contribution >= 0.6 is 34.7 Å². The average Bonchev–Trinajstić information content (AvgIpc) is 3.29. The second-order valence-electron chi connectivity index (χ2n) is 5.18. The number of hydrogen-bond donors (Lipinski definition) is 3. The van der Waals surface area contributed by atoms with Gasteiger partial charge in [-0.3, -0.25) is 14.7 Å². The summed E-state index contributed by atoms with van der Waals surface area (Å²) in [6, 6.07) is 6.73. The molecule has 0 aliphatic rings. The minimum atomic E-state index is -0.590. The van der Waals surface area contributed by atoms with Gasteiger partial charge in [-0.15, -0.1) is 16.4 Å². The summed E-state index contributed by atoms with van der Waals surface area (Å²) in [5.74, 6) is 0.262. The van der Waals surface area contributed by atoms with Crippen LogP contribution in [-0.4, -0.2) is 39.9 Å². The first-order valence-electron chi connectivity index (χ1n) is 7.54. The zero-order chi connectivity index (χ0) is 19.4. The van der Waals surface area contributed by atoms with Gasteiger partial charge < -0.3 is 15.8 Å². The number of ether oxygens (including phenoxy) is 1. The highest BCUT2D eigenvalue weighted by Crippen LogP contribution is 2.31. The fourth-order valence-electron chi connectivity index (χ4n) is 2.19. The van der Waals surface area contributed by atoms with E-state index in [-0.39, 0.29) is 17.2 Å². The molecular weight excluding hydrogens is 410 g/mol. The standard InChI is InChI=1S/C16H14ClN5O3S2/c1-25-11-3-2-8(17)6-10(11)14-20-16(22-21-14)27-7-12(23)19-15-9(13(18)24)4-5-26-15/h2-6H,7H2,1H3,(H2,18,24)(H,19,23)(H,20,21,22). The van der Waals surface area contributed by atoms with E-state index in [9.17, 15) is 9.59 Å². The zero-order valence-corrected chi connectivity index (χ0v) is 16.4. The first kappa shape index (κ1) is 19.2. The van der Waals surface area contributed by atoms with Crippen molar-refractivity contribution in [2.75, 3.05) is 18.2 Å². The molecule has 0 fully saturated rings. The number of carbonyl (C=O) groups is 2. The van der Waals surface area contributed by atoms with Crippen LogP contribution in [0.2, 0.25) is 5.02 Å². The number of anilines is 1. The highest BCUT2D eigenvalue weighted by atomic mass is 35.5. The first-order valence-corrected chi connectivity index (χ1v) is 9.78. The number of nitrogens with one attached hydrogen (secondary N) is 2. The quantitative estimate of drug-likeness (QED) is 0.502. The highest BCUT2D eigenvalue weighted by Gasteiger charge is 2.15. The number of H-pyrrole nitrogens is 1. The van der Waals surface area contributed by atoms with Crippen molar-refractivity contribution in [2.24, 2.45) is 5.73 Å². The van der Waals surface area contributed by atoms with Crippen LogP contribution in [0.3, 0.4) is 0 Å². The van der Waals surface area contributed by atoms with Crippen molar-refractivity contribution >= 4 is 51.5 Å². The lowest BCUT2D eigenvalue weighted by molar-refractivity contribution is -0.113. The number of rotatable bonds is 7. The third-order valence-electron chi connectivity index (χ3n) is 3.40. The van der Waals surface area contributed by atoms with Crippen LogP contribution in [-0.2, 0) is 4.79 Å². The van der Waals surface area contributed by atoms with E-state index in [1.807, 2.05) is 0 Å². The molecule has 27 heavy (non-hydrogen) atoms. The van der Waals surface area contributed by atoms with Crippen molar-refractivity contribution in [2.45, 2.75) is 5.16 Å². The molecule has 0 aliphatic heterocycles. The number of nitrogens with zero attached hydrogens (tertiary/aromatic N) is 2. The third-order valence-corrected chi connectivity index (χ3v) is 5.31. The third kappa shape index (κ3) is 4.59. The lowest BCUT2D eigenvalue weighted by Crippen LogP contribution is -2.17. The number of halogens is 1. The van der Waals surface area contributed by atoms with Gasteiger partial charge in [0, 0.05) is 5.02 Å². The Morgan fingerprint density at radius 2 is 2.22 bits per heavy atom. The predicted octanol–water partition coefficient (Wildman–Crippen LogP) is 3.02. The predicted molar refractivity (Wildman–Crippen MR) is 106 cm³/mol. The number of aromatic amines is 1. The molecule has 1 aromatic carbocycles. The summed E-state index contributed by atoms with van der Waals surface area (Å²) in [5.41, 5.74) is 6.21. The summed E-state index contributed by atoms with van der Waals surface area (Å²) in [6.07, 6.45) is 0. The fourth-order valence-corrected chi connectivity index (χ4v) is 3.77. The van der Waals surface area contributed by atoms with Crippen molar-refractivity contribution < 1.29 is 14.3 Å². The first-order chi connectivity index (χ1) is 13.0. The SMILES string of the molecule is COc1ccc(Cl)cc1-c1nc(SCC(=O)Nc2sccc2C(N)=O)n[nH]1. The minimum absolute atomic E-state index is 0.0695. The van der Waals surface area contributed by atoms with Gasteiger partial charge in [-0.25, -0.2) is 4.98 Å². The summed E-state index contributed by atoms with van der Waals surface area (Å²) < 4.78 is 5.30. The molecule has 4 N–H and O–H groups in total. The van der Waals surface area contributed by atoms with Crippen molar-refractivity contribution in [3.8, 4) is 17.1 Å². The molecule has 0 saturated carbocycles. The van der Waals surface area contributed by atoms with E-state index in [2.05, 4.69) is 20.5 Å². The zero-order valence-electron chi connectivity index (χ0n) is 14.0. The number of nitrogens with two attached hydrogens (primary N) is 1. The topological polar surface area (TPSA) is 123 Å². The van der Waals surface area contributed by atoms with Gasteiger partial charge in [-0.05, 0) is 29.6 Å². The number of thioether (sulfide) groups is 1. The molecule has 2 amide bonds. The van der Waals surface area contributed by atoms with Gasteiger partial charge in [0.1, 0.15) is 10.8 Å². The molecule has 0 saturated heterocycles. The minimum Gasteiger partial charge on any atom is -0.496 e. The van der Waals surface area contributed by atoms with Gasteiger partial charge in [0.15, 0.2) is 5.82 Å². The molecule has 11 heteroatoms. The molecule has 0 spiro atoms.